The van der Waals surface area contributed by atoms with E-state index in [0.29, 0.717) is 11.8 Å². The molecular formula is C13H18FN. The van der Waals surface area contributed by atoms with Crippen molar-refractivity contribution in [3.63, 3.8) is 0 Å². The van der Waals surface area contributed by atoms with E-state index in [1.54, 1.807) is 12.1 Å². The van der Waals surface area contributed by atoms with Crippen molar-refractivity contribution in [1.29, 1.82) is 0 Å². The summed E-state index contributed by atoms with van der Waals surface area (Å²) >= 11 is 0. The second kappa shape index (κ2) is 4.31. The SMILES string of the molecule is CC(N)CC1CC(c2ccccc2F)C1. The van der Waals surface area contributed by atoms with E-state index in [1.807, 2.05) is 19.1 Å². The zero-order valence-corrected chi connectivity index (χ0v) is 9.12. The molecule has 1 aliphatic rings. The molecule has 0 aromatic heterocycles. The first-order valence-electron chi connectivity index (χ1n) is 5.67. The molecule has 1 aromatic rings. The van der Waals surface area contributed by atoms with E-state index >= 15 is 0 Å². The summed E-state index contributed by atoms with van der Waals surface area (Å²) in [4.78, 5) is 0. The Hall–Kier alpha value is -0.890. The lowest BCUT2D eigenvalue weighted by Crippen LogP contribution is -2.28. The summed E-state index contributed by atoms with van der Waals surface area (Å²) in [7, 11) is 0. The van der Waals surface area contributed by atoms with E-state index in [0.717, 1.165) is 24.8 Å². The van der Waals surface area contributed by atoms with E-state index in [4.69, 9.17) is 5.73 Å². The van der Waals surface area contributed by atoms with Gasteiger partial charge in [-0.1, -0.05) is 18.2 Å². The zero-order valence-electron chi connectivity index (χ0n) is 9.12. The third-order valence-corrected chi connectivity index (χ3v) is 3.29. The van der Waals surface area contributed by atoms with Crippen LogP contribution in [0.15, 0.2) is 24.3 Å². The first kappa shape index (κ1) is 10.6. The highest BCUT2D eigenvalue weighted by Crippen LogP contribution is 2.44. The van der Waals surface area contributed by atoms with Crippen LogP contribution in [-0.4, -0.2) is 6.04 Å². The quantitative estimate of drug-likeness (QED) is 0.810. The molecule has 1 aromatic carbocycles. The van der Waals surface area contributed by atoms with Crippen LogP contribution >= 0.6 is 0 Å². The minimum absolute atomic E-state index is 0.0539. The second-order valence-electron chi connectivity index (χ2n) is 4.77. The van der Waals surface area contributed by atoms with Gasteiger partial charge in [-0.05, 0) is 49.7 Å². The normalized spacial score (nSPS) is 27.1. The Morgan fingerprint density at radius 3 is 2.67 bits per heavy atom. The summed E-state index contributed by atoms with van der Waals surface area (Å²) < 4.78 is 13.4. The molecule has 0 saturated heterocycles. The monoisotopic (exact) mass is 207 g/mol. The van der Waals surface area contributed by atoms with Crippen molar-refractivity contribution in [3.05, 3.63) is 35.6 Å². The molecule has 1 fully saturated rings. The molecule has 1 saturated carbocycles. The van der Waals surface area contributed by atoms with Gasteiger partial charge in [0.2, 0.25) is 0 Å². The predicted molar refractivity (Wildman–Crippen MR) is 60.1 cm³/mol. The van der Waals surface area contributed by atoms with Crippen molar-refractivity contribution in [2.75, 3.05) is 0 Å². The Bertz CT molecular complexity index is 329. The molecule has 1 aliphatic carbocycles. The number of nitrogens with two attached hydrogens (primary N) is 1. The van der Waals surface area contributed by atoms with Crippen LogP contribution in [0.2, 0.25) is 0 Å². The molecule has 1 nitrogen and oxygen atoms in total. The summed E-state index contributed by atoms with van der Waals surface area (Å²) in [5.74, 6) is 1.08. The van der Waals surface area contributed by atoms with Crippen molar-refractivity contribution >= 4 is 0 Å². The lowest BCUT2D eigenvalue weighted by atomic mass is 9.69. The highest BCUT2D eigenvalue weighted by Gasteiger charge is 2.31. The molecule has 0 amide bonds. The molecule has 1 unspecified atom stereocenters. The van der Waals surface area contributed by atoms with Gasteiger partial charge in [0.05, 0.1) is 0 Å². The minimum atomic E-state index is -0.0539. The van der Waals surface area contributed by atoms with Crippen LogP contribution in [0.3, 0.4) is 0 Å². The summed E-state index contributed by atoms with van der Waals surface area (Å²) in [6, 6.07) is 7.39. The van der Waals surface area contributed by atoms with Crippen LogP contribution in [0.25, 0.3) is 0 Å². The van der Waals surface area contributed by atoms with Gasteiger partial charge < -0.3 is 5.73 Å². The molecule has 0 bridgehead atoms. The minimum Gasteiger partial charge on any atom is -0.328 e. The third kappa shape index (κ3) is 2.37. The molecule has 2 heteroatoms. The van der Waals surface area contributed by atoms with Crippen molar-refractivity contribution in [3.8, 4) is 0 Å². The summed E-state index contributed by atoms with van der Waals surface area (Å²) in [5, 5.41) is 0. The van der Waals surface area contributed by atoms with Crippen LogP contribution in [-0.2, 0) is 0 Å². The summed E-state index contributed by atoms with van der Waals surface area (Å²) in [5.41, 5.74) is 6.63. The summed E-state index contributed by atoms with van der Waals surface area (Å²) in [6.45, 7) is 2.04. The third-order valence-electron chi connectivity index (χ3n) is 3.29. The predicted octanol–water partition coefficient (Wildman–Crippen LogP) is 3.06. The molecule has 0 radical (unpaired) electrons. The molecule has 0 aliphatic heterocycles. The summed E-state index contributed by atoms with van der Waals surface area (Å²) in [6.07, 6.45) is 3.27. The van der Waals surface area contributed by atoms with E-state index < -0.39 is 0 Å². The lowest BCUT2D eigenvalue weighted by Gasteiger charge is -2.36. The number of hydrogen-bond donors (Lipinski definition) is 1. The Kier molecular flexibility index (Phi) is 3.06. The van der Waals surface area contributed by atoms with Crippen molar-refractivity contribution < 1.29 is 4.39 Å². The Morgan fingerprint density at radius 2 is 2.07 bits per heavy atom. The second-order valence-corrected chi connectivity index (χ2v) is 4.77. The van der Waals surface area contributed by atoms with Gasteiger partial charge in [0, 0.05) is 6.04 Å². The van der Waals surface area contributed by atoms with Gasteiger partial charge in [-0.3, -0.25) is 0 Å². The van der Waals surface area contributed by atoms with Gasteiger partial charge in [0.25, 0.3) is 0 Å². The van der Waals surface area contributed by atoms with Crippen molar-refractivity contribution in [2.24, 2.45) is 11.7 Å². The van der Waals surface area contributed by atoms with Gasteiger partial charge in [-0.25, -0.2) is 4.39 Å². The van der Waals surface area contributed by atoms with Gasteiger partial charge in [0.15, 0.2) is 0 Å². The van der Waals surface area contributed by atoms with E-state index in [1.165, 1.54) is 0 Å². The maximum absolute atomic E-state index is 13.4. The van der Waals surface area contributed by atoms with E-state index in [2.05, 4.69) is 0 Å². The molecule has 2 N–H and O–H groups in total. The van der Waals surface area contributed by atoms with E-state index in [-0.39, 0.29) is 11.9 Å². The van der Waals surface area contributed by atoms with Gasteiger partial charge in [-0.2, -0.15) is 0 Å². The highest BCUT2D eigenvalue weighted by atomic mass is 19.1. The fourth-order valence-corrected chi connectivity index (χ4v) is 2.51. The van der Waals surface area contributed by atoms with E-state index in [9.17, 15) is 4.39 Å². The lowest BCUT2D eigenvalue weighted by molar-refractivity contribution is 0.232. The number of rotatable bonds is 3. The topological polar surface area (TPSA) is 26.0 Å². The fraction of sp³-hybridized carbons (Fsp3) is 0.538. The van der Waals surface area contributed by atoms with Gasteiger partial charge in [0.1, 0.15) is 5.82 Å². The zero-order chi connectivity index (χ0) is 10.8. The Balaban J connectivity index is 1.92. The molecular weight excluding hydrogens is 189 g/mol. The van der Waals surface area contributed by atoms with Gasteiger partial charge in [-0.15, -0.1) is 0 Å². The molecule has 15 heavy (non-hydrogen) atoms. The van der Waals surface area contributed by atoms with Gasteiger partial charge >= 0.3 is 0 Å². The molecule has 0 heterocycles. The standard InChI is InChI=1S/C13H18FN/c1-9(15)6-10-7-11(8-10)12-4-2-3-5-13(12)14/h2-5,9-11H,6-8,15H2,1H3. The highest BCUT2D eigenvalue weighted by molar-refractivity contribution is 5.24. The van der Waals surface area contributed by atoms with Crippen LogP contribution in [0.1, 0.15) is 37.7 Å². The van der Waals surface area contributed by atoms with Crippen LogP contribution < -0.4 is 5.73 Å². The average molecular weight is 207 g/mol. The number of halogens is 1. The average Bonchev–Trinajstić information content (AvgIpc) is 2.12. The number of hydrogen-bond acceptors (Lipinski definition) is 1. The van der Waals surface area contributed by atoms with Crippen molar-refractivity contribution in [2.45, 2.75) is 38.1 Å². The van der Waals surface area contributed by atoms with Crippen LogP contribution in [0.4, 0.5) is 4.39 Å². The maximum Gasteiger partial charge on any atom is 0.126 e. The Morgan fingerprint density at radius 1 is 1.40 bits per heavy atom. The van der Waals surface area contributed by atoms with Crippen LogP contribution in [0, 0.1) is 11.7 Å². The smallest absolute Gasteiger partial charge is 0.126 e. The molecule has 1 atom stereocenters. The Labute approximate surface area is 90.5 Å². The number of benzene rings is 1. The van der Waals surface area contributed by atoms with Crippen LogP contribution in [0.5, 0.6) is 0 Å². The first-order valence-corrected chi connectivity index (χ1v) is 5.67. The fourth-order valence-electron chi connectivity index (χ4n) is 2.51. The largest absolute Gasteiger partial charge is 0.328 e. The molecule has 2 rings (SSSR count). The molecule has 0 spiro atoms. The first-order chi connectivity index (χ1) is 7.16. The van der Waals surface area contributed by atoms with Crippen molar-refractivity contribution in [1.82, 2.24) is 0 Å². The molecule has 82 valence electrons. The maximum atomic E-state index is 13.4.